The quantitative estimate of drug-likeness (QED) is 0.543. The predicted octanol–water partition coefficient (Wildman–Crippen LogP) is 5.77. The van der Waals surface area contributed by atoms with Crippen LogP contribution in [0.3, 0.4) is 0 Å². The first-order chi connectivity index (χ1) is 11.5. The van der Waals surface area contributed by atoms with E-state index in [9.17, 15) is 4.79 Å². The molecular weight excluding hydrogens is 332 g/mol. The molecule has 1 nitrogen and oxygen atoms in total. The average molecular weight is 365 g/mol. The zero-order valence-corrected chi connectivity index (χ0v) is 16.9. The van der Waals surface area contributed by atoms with E-state index in [4.69, 9.17) is 0 Å². The largest absolute Gasteiger partial charge is 0.299 e. The summed E-state index contributed by atoms with van der Waals surface area (Å²) in [5, 5.41) is 0. The Morgan fingerprint density at radius 2 is 1.79 bits per heavy atom. The van der Waals surface area contributed by atoms with Gasteiger partial charge in [0.2, 0.25) is 0 Å². The van der Waals surface area contributed by atoms with Gasteiger partial charge in [0.25, 0.3) is 0 Å². The van der Waals surface area contributed by atoms with Gasteiger partial charge in [0.15, 0.2) is 0 Å². The molecule has 1 saturated heterocycles. The molecule has 0 aromatic rings. The van der Waals surface area contributed by atoms with Crippen LogP contribution in [0.25, 0.3) is 0 Å². The van der Waals surface area contributed by atoms with E-state index in [0.29, 0.717) is 32.5 Å². The minimum atomic E-state index is 0.298. The highest BCUT2D eigenvalue weighted by Gasteiger charge is 2.63. The Kier molecular flexibility index (Phi) is 3.75. The van der Waals surface area contributed by atoms with Crippen LogP contribution in [-0.4, -0.2) is 21.4 Å². The summed E-state index contributed by atoms with van der Waals surface area (Å²) in [6, 6.07) is 0. The van der Waals surface area contributed by atoms with Crippen LogP contribution in [0.4, 0.5) is 0 Å². The van der Waals surface area contributed by atoms with E-state index in [2.05, 4.69) is 37.4 Å². The van der Waals surface area contributed by atoms with Crippen molar-refractivity contribution in [2.45, 2.75) is 75.7 Å². The molecule has 0 aromatic heterocycles. The molecule has 5 rings (SSSR count). The van der Waals surface area contributed by atoms with Crippen molar-refractivity contribution in [3.05, 3.63) is 0 Å². The topological polar surface area (TPSA) is 17.1 Å². The van der Waals surface area contributed by atoms with Crippen molar-refractivity contribution in [2.24, 2.45) is 34.5 Å². The second-order valence-electron chi connectivity index (χ2n) is 10.0. The molecular formula is C21H32OS2. The van der Waals surface area contributed by atoms with E-state index in [1.807, 2.05) is 0 Å². The normalized spacial score (nSPS) is 52.8. The maximum Gasteiger partial charge on any atom is 0.137 e. The van der Waals surface area contributed by atoms with Gasteiger partial charge in [-0.15, -0.1) is 23.5 Å². The number of fused-ring (bicyclic) bond motifs is 5. The molecule has 5 aliphatic rings. The third-order valence-corrected chi connectivity index (χ3v) is 12.4. The van der Waals surface area contributed by atoms with Gasteiger partial charge in [-0.25, -0.2) is 0 Å². The number of rotatable bonds is 0. The van der Waals surface area contributed by atoms with Crippen molar-refractivity contribution in [1.29, 1.82) is 0 Å². The summed E-state index contributed by atoms with van der Waals surface area (Å²) in [6.07, 6.45) is 11.8. The van der Waals surface area contributed by atoms with Gasteiger partial charge in [-0.05, 0) is 73.5 Å². The fourth-order valence-electron chi connectivity index (χ4n) is 7.93. The summed E-state index contributed by atoms with van der Waals surface area (Å²) in [4.78, 5) is 13.4. The molecule has 24 heavy (non-hydrogen) atoms. The van der Waals surface area contributed by atoms with E-state index in [-0.39, 0.29) is 0 Å². The minimum Gasteiger partial charge on any atom is -0.299 e. The van der Waals surface area contributed by atoms with Crippen LogP contribution in [0.1, 0.15) is 71.6 Å². The van der Waals surface area contributed by atoms with Crippen LogP contribution in [0.2, 0.25) is 0 Å². The first-order valence-electron chi connectivity index (χ1n) is 10.3. The van der Waals surface area contributed by atoms with E-state index in [1.165, 1.54) is 62.9 Å². The van der Waals surface area contributed by atoms with Crippen molar-refractivity contribution in [3.8, 4) is 0 Å². The van der Waals surface area contributed by atoms with E-state index >= 15 is 0 Å². The SMILES string of the molecule is CC12CCCC1C1CCC3CCC4(CC3(C)C1C(=O)C2)SCCS4. The maximum absolute atomic E-state index is 13.4. The molecule has 0 aromatic carbocycles. The highest BCUT2D eigenvalue weighted by Crippen LogP contribution is 2.69. The van der Waals surface area contributed by atoms with Crippen LogP contribution >= 0.6 is 23.5 Å². The molecule has 3 heteroatoms. The lowest BCUT2D eigenvalue weighted by Crippen LogP contribution is -2.58. The lowest BCUT2D eigenvalue weighted by atomic mass is 9.45. The Hall–Kier alpha value is 0.370. The Morgan fingerprint density at radius 1 is 1.00 bits per heavy atom. The molecule has 0 radical (unpaired) electrons. The smallest absolute Gasteiger partial charge is 0.137 e. The van der Waals surface area contributed by atoms with E-state index < -0.39 is 0 Å². The van der Waals surface area contributed by atoms with Crippen LogP contribution in [0.5, 0.6) is 0 Å². The number of ketones is 1. The summed E-state index contributed by atoms with van der Waals surface area (Å²) < 4.78 is 0.462. The lowest BCUT2D eigenvalue weighted by Gasteiger charge is -2.61. The number of carbonyl (C=O) groups excluding carboxylic acids is 1. The van der Waals surface area contributed by atoms with Crippen molar-refractivity contribution in [3.63, 3.8) is 0 Å². The molecule has 0 amide bonds. The monoisotopic (exact) mass is 364 g/mol. The zero-order chi connectivity index (χ0) is 16.6. The Bertz CT molecular complexity index is 554. The van der Waals surface area contributed by atoms with Crippen LogP contribution in [-0.2, 0) is 4.79 Å². The number of hydrogen-bond acceptors (Lipinski definition) is 3. The van der Waals surface area contributed by atoms with Gasteiger partial charge in [0.05, 0.1) is 4.08 Å². The molecule has 1 aliphatic heterocycles. The van der Waals surface area contributed by atoms with Gasteiger partial charge >= 0.3 is 0 Å². The molecule has 5 fully saturated rings. The van der Waals surface area contributed by atoms with Gasteiger partial charge in [0, 0.05) is 23.8 Å². The van der Waals surface area contributed by atoms with E-state index in [1.54, 1.807) is 0 Å². The fraction of sp³-hybridized carbons (Fsp3) is 0.952. The van der Waals surface area contributed by atoms with Gasteiger partial charge in [-0.3, -0.25) is 4.79 Å². The number of carbonyl (C=O) groups is 1. The lowest BCUT2D eigenvalue weighted by molar-refractivity contribution is -0.155. The number of hydrogen-bond donors (Lipinski definition) is 0. The maximum atomic E-state index is 13.4. The van der Waals surface area contributed by atoms with Crippen LogP contribution < -0.4 is 0 Å². The Labute approximate surface area is 155 Å². The van der Waals surface area contributed by atoms with E-state index in [0.717, 1.165) is 18.3 Å². The van der Waals surface area contributed by atoms with Gasteiger partial charge in [-0.2, -0.15) is 0 Å². The molecule has 4 saturated carbocycles. The van der Waals surface area contributed by atoms with Crippen LogP contribution in [0, 0.1) is 34.5 Å². The van der Waals surface area contributed by atoms with Crippen molar-refractivity contribution in [2.75, 3.05) is 11.5 Å². The molecule has 6 unspecified atom stereocenters. The van der Waals surface area contributed by atoms with Crippen molar-refractivity contribution < 1.29 is 4.79 Å². The molecule has 0 bridgehead atoms. The minimum absolute atomic E-state index is 0.298. The zero-order valence-electron chi connectivity index (χ0n) is 15.3. The third kappa shape index (κ3) is 2.19. The van der Waals surface area contributed by atoms with Gasteiger partial charge in [-0.1, -0.05) is 20.3 Å². The first-order valence-corrected chi connectivity index (χ1v) is 12.2. The number of thioether (sulfide) groups is 2. The summed E-state index contributed by atoms with van der Waals surface area (Å²) in [7, 11) is 0. The second kappa shape index (κ2) is 5.44. The Balaban J connectivity index is 1.51. The summed E-state index contributed by atoms with van der Waals surface area (Å²) >= 11 is 4.46. The fourth-order valence-corrected chi connectivity index (χ4v) is 11.5. The summed E-state index contributed by atoms with van der Waals surface area (Å²) in [5.41, 5.74) is 0.650. The molecule has 6 atom stereocenters. The standard InChI is InChI=1S/C21H32OS2/c1-19-8-3-4-16(19)15-6-5-14-7-9-21(23-10-11-24-21)13-20(14,2)18(15)17(22)12-19/h14-16,18H,3-13H2,1-2H3. The van der Waals surface area contributed by atoms with Gasteiger partial charge in [0.1, 0.15) is 5.78 Å². The van der Waals surface area contributed by atoms with Crippen molar-refractivity contribution >= 4 is 29.3 Å². The molecule has 0 N–H and O–H groups in total. The highest BCUT2D eigenvalue weighted by molar-refractivity contribution is 8.21. The molecule has 4 aliphatic carbocycles. The summed E-state index contributed by atoms with van der Waals surface area (Å²) in [5.74, 6) is 6.10. The third-order valence-electron chi connectivity index (χ3n) is 8.86. The molecule has 134 valence electrons. The predicted molar refractivity (Wildman–Crippen MR) is 104 cm³/mol. The summed E-state index contributed by atoms with van der Waals surface area (Å²) in [6.45, 7) is 4.99. The molecule has 1 heterocycles. The second-order valence-corrected chi connectivity index (χ2v) is 13.3. The average Bonchev–Trinajstić information content (AvgIpc) is 3.12. The highest BCUT2D eigenvalue weighted by atomic mass is 32.2. The Morgan fingerprint density at radius 3 is 2.58 bits per heavy atom. The number of Topliss-reactive ketones (excluding diaryl/α,β-unsaturated/α-hetero) is 1. The molecule has 1 spiro atoms. The van der Waals surface area contributed by atoms with Crippen LogP contribution in [0.15, 0.2) is 0 Å². The van der Waals surface area contributed by atoms with Crippen molar-refractivity contribution in [1.82, 2.24) is 0 Å². The van der Waals surface area contributed by atoms with Gasteiger partial charge < -0.3 is 0 Å². The first kappa shape index (κ1) is 16.5.